The van der Waals surface area contributed by atoms with Crippen molar-refractivity contribution in [1.29, 1.82) is 0 Å². The summed E-state index contributed by atoms with van der Waals surface area (Å²) in [7, 11) is -1.23. The maximum atomic E-state index is 12.2. The van der Waals surface area contributed by atoms with Crippen molar-refractivity contribution in [3.8, 4) is 0 Å². The van der Waals surface area contributed by atoms with E-state index in [1.165, 1.54) is 0 Å². The Labute approximate surface area is 132 Å². The second kappa shape index (κ2) is 7.01. The molecule has 2 aromatic rings. The van der Waals surface area contributed by atoms with Gasteiger partial charge in [-0.3, -0.25) is 9.00 Å². The minimum absolute atomic E-state index is 0.00325. The molecule has 2 rings (SSSR count). The van der Waals surface area contributed by atoms with Crippen LogP contribution in [0.2, 0.25) is 5.02 Å². The van der Waals surface area contributed by atoms with Gasteiger partial charge in [0.2, 0.25) is 0 Å². The number of hydrogen-bond acceptors (Lipinski definition) is 2. The van der Waals surface area contributed by atoms with Gasteiger partial charge in [-0.15, -0.1) is 0 Å². The Bertz CT molecular complexity index is 675. The molecule has 0 amide bonds. The van der Waals surface area contributed by atoms with Gasteiger partial charge in [0.15, 0.2) is 5.78 Å². The molecule has 2 nitrogen and oxygen atoms in total. The summed E-state index contributed by atoms with van der Waals surface area (Å²) in [6, 6.07) is 12.9. The van der Waals surface area contributed by atoms with Crippen LogP contribution in [-0.2, 0) is 16.6 Å². The molecule has 21 heavy (non-hydrogen) atoms. The van der Waals surface area contributed by atoms with Crippen LogP contribution in [0.3, 0.4) is 0 Å². The Morgan fingerprint density at radius 3 is 2.33 bits per heavy atom. The van der Waals surface area contributed by atoms with E-state index in [-0.39, 0.29) is 11.5 Å². The Morgan fingerprint density at radius 2 is 1.71 bits per heavy atom. The number of hydrogen-bond donors (Lipinski definition) is 0. The van der Waals surface area contributed by atoms with E-state index in [0.717, 1.165) is 16.7 Å². The van der Waals surface area contributed by atoms with E-state index in [0.29, 0.717) is 16.3 Å². The van der Waals surface area contributed by atoms with E-state index in [2.05, 4.69) is 6.07 Å². The van der Waals surface area contributed by atoms with Gasteiger partial charge in [0.1, 0.15) is 0 Å². The van der Waals surface area contributed by atoms with Gasteiger partial charge in [0.05, 0.1) is 10.8 Å². The van der Waals surface area contributed by atoms with Crippen LogP contribution >= 0.6 is 11.6 Å². The second-order valence-corrected chi connectivity index (χ2v) is 6.99. The number of rotatable bonds is 5. The second-order valence-electron chi connectivity index (χ2n) is 5.13. The molecule has 0 saturated carbocycles. The highest BCUT2D eigenvalue weighted by Crippen LogP contribution is 2.17. The zero-order valence-electron chi connectivity index (χ0n) is 12.1. The van der Waals surface area contributed by atoms with Crippen molar-refractivity contribution in [1.82, 2.24) is 0 Å². The summed E-state index contributed by atoms with van der Waals surface area (Å²) in [5.41, 5.74) is 3.71. The van der Waals surface area contributed by atoms with Crippen LogP contribution in [0.5, 0.6) is 0 Å². The van der Waals surface area contributed by atoms with E-state index < -0.39 is 10.8 Å². The summed E-state index contributed by atoms with van der Waals surface area (Å²) >= 11 is 5.98. The van der Waals surface area contributed by atoms with E-state index >= 15 is 0 Å². The maximum Gasteiger partial charge on any atom is 0.176 e. The highest BCUT2D eigenvalue weighted by molar-refractivity contribution is 7.85. The minimum atomic E-state index is -1.23. The van der Waals surface area contributed by atoms with Gasteiger partial charge < -0.3 is 0 Å². The van der Waals surface area contributed by atoms with Crippen molar-refractivity contribution >= 4 is 28.2 Å². The highest BCUT2D eigenvalue weighted by atomic mass is 35.5. The molecule has 1 unspecified atom stereocenters. The first-order valence-corrected chi connectivity index (χ1v) is 8.52. The molecular formula is C17H17ClO2S. The average molecular weight is 321 g/mol. The molecule has 0 aliphatic heterocycles. The molecular weight excluding hydrogens is 304 g/mol. The quantitative estimate of drug-likeness (QED) is 0.778. The van der Waals surface area contributed by atoms with Crippen LogP contribution in [0.4, 0.5) is 0 Å². The van der Waals surface area contributed by atoms with Crippen molar-refractivity contribution < 1.29 is 9.00 Å². The molecule has 0 spiro atoms. The normalized spacial score (nSPS) is 12.1. The van der Waals surface area contributed by atoms with Crippen LogP contribution in [-0.4, -0.2) is 15.7 Å². The number of carbonyl (C=O) groups excluding carboxylic acids is 1. The third kappa shape index (κ3) is 4.51. The first kappa shape index (κ1) is 15.9. The van der Waals surface area contributed by atoms with Crippen LogP contribution in [0, 0.1) is 13.8 Å². The molecule has 0 heterocycles. The monoisotopic (exact) mass is 320 g/mol. The largest absolute Gasteiger partial charge is 0.293 e. The van der Waals surface area contributed by atoms with E-state index in [1.807, 2.05) is 26.0 Å². The first-order valence-electron chi connectivity index (χ1n) is 6.65. The summed E-state index contributed by atoms with van der Waals surface area (Å²) in [5, 5.41) is 0.408. The van der Waals surface area contributed by atoms with Gasteiger partial charge in [0, 0.05) is 22.1 Å². The Kier molecular flexibility index (Phi) is 5.32. The molecule has 0 aliphatic rings. The lowest BCUT2D eigenvalue weighted by Gasteiger charge is -2.06. The number of aryl methyl sites for hydroxylation is 2. The van der Waals surface area contributed by atoms with Crippen molar-refractivity contribution in [3.63, 3.8) is 0 Å². The maximum absolute atomic E-state index is 12.2. The van der Waals surface area contributed by atoms with Gasteiger partial charge in [-0.2, -0.15) is 0 Å². The summed E-state index contributed by atoms with van der Waals surface area (Å²) in [4.78, 5) is 12.1. The molecule has 1 atom stereocenters. The van der Waals surface area contributed by atoms with Crippen LogP contribution in [0.1, 0.15) is 27.0 Å². The molecule has 2 aromatic carbocycles. The molecule has 0 radical (unpaired) electrons. The number of benzene rings is 2. The summed E-state index contributed by atoms with van der Waals surface area (Å²) in [5.74, 6) is 0.207. The third-order valence-corrected chi connectivity index (χ3v) is 4.64. The molecule has 4 heteroatoms. The van der Waals surface area contributed by atoms with Crippen LogP contribution in [0.15, 0.2) is 42.5 Å². The predicted molar refractivity (Wildman–Crippen MR) is 88.4 cm³/mol. The summed E-state index contributed by atoms with van der Waals surface area (Å²) in [6.45, 7) is 4.02. The van der Waals surface area contributed by atoms with Gasteiger partial charge in [-0.25, -0.2) is 0 Å². The number of ketones is 1. The molecule has 0 aromatic heterocycles. The van der Waals surface area contributed by atoms with Crippen molar-refractivity contribution in [2.45, 2.75) is 19.6 Å². The molecule has 0 bridgehead atoms. The first-order chi connectivity index (χ1) is 9.95. The standard InChI is InChI=1S/C17H17ClO2S/c1-12-7-13(2)9-14(8-12)10-21(20)11-17(19)15-5-3-4-6-16(15)18/h3-9H,10-11H2,1-2H3. The van der Waals surface area contributed by atoms with E-state index in [4.69, 9.17) is 11.6 Å². The van der Waals surface area contributed by atoms with Gasteiger partial charge in [-0.1, -0.05) is 53.1 Å². The third-order valence-electron chi connectivity index (χ3n) is 3.08. The fraction of sp³-hybridized carbons (Fsp3) is 0.235. The number of carbonyl (C=O) groups is 1. The topological polar surface area (TPSA) is 34.1 Å². The Morgan fingerprint density at radius 1 is 1.10 bits per heavy atom. The lowest BCUT2D eigenvalue weighted by atomic mass is 10.1. The van der Waals surface area contributed by atoms with Crippen LogP contribution < -0.4 is 0 Å². The molecule has 110 valence electrons. The lowest BCUT2D eigenvalue weighted by Crippen LogP contribution is -2.13. The van der Waals surface area contributed by atoms with Crippen molar-refractivity contribution in [2.24, 2.45) is 0 Å². The average Bonchev–Trinajstić information content (AvgIpc) is 2.37. The Balaban J connectivity index is 2.05. The predicted octanol–water partition coefficient (Wildman–Crippen LogP) is 4.09. The number of halogens is 1. The van der Waals surface area contributed by atoms with Crippen molar-refractivity contribution in [2.75, 3.05) is 5.75 Å². The fourth-order valence-corrected chi connectivity index (χ4v) is 3.63. The van der Waals surface area contributed by atoms with Gasteiger partial charge >= 0.3 is 0 Å². The molecule has 0 fully saturated rings. The summed E-state index contributed by atoms with van der Waals surface area (Å²) in [6.07, 6.45) is 0. The van der Waals surface area contributed by atoms with Gasteiger partial charge in [-0.05, 0) is 31.5 Å². The Hall–Kier alpha value is -1.45. The van der Waals surface area contributed by atoms with Gasteiger partial charge in [0.25, 0.3) is 0 Å². The van der Waals surface area contributed by atoms with Crippen molar-refractivity contribution in [3.05, 3.63) is 69.7 Å². The minimum Gasteiger partial charge on any atom is -0.293 e. The van der Waals surface area contributed by atoms with Crippen LogP contribution in [0.25, 0.3) is 0 Å². The SMILES string of the molecule is Cc1cc(C)cc(CS(=O)CC(=O)c2ccccc2Cl)c1. The zero-order valence-corrected chi connectivity index (χ0v) is 13.6. The number of Topliss-reactive ketones (excluding diaryl/α,β-unsaturated/α-hetero) is 1. The van der Waals surface area contributed by atoms with E-state index in [9.17, 15) is 9.00 Å². The fourth-order valence-electron chi connectivity index (χ4n) is 2.30. The highest BCUT2D eigenvalue weighted by Gasteiger charge is 2.14. The molecule has 0 aliphatic carbocycles. The molecule has 0 N–H and O–H groups in total. The zero-order chi connectivity index (χ0) is 15.4. The smallest absolute Gasteiger partial charge is 0.176 e. The lowest BCUT2D eigenvalue weighted by molar-refractivity contribution is 0.102. The summed E-state index contributed by atoms with van der Waals surface area (Å²) < 4.78 is 12.2. The molecule has 0 saturated heterocycles. The van der Waals surface area contributed by atoms with E-state index in [1.54, 1.807) is 24.3 Å².